The van der Waals surface area contributed by atoms with Gasteiger partial charge in [0, 0.05) is 36.9 Å². The van der Waals surface area contributed by atoms with Crippen LogP contribution in [0.2, 0.25) is 5.02 Å². The fourth-order valence-electron chi connectivity index (χ4n) is 3.07. The highest BCUT2D eigenvalue weighted by atomic mass is 35.5. The Hall–Kier alpha value is -2.00. The quantitative estimate of drug-likeness (QED) is 0.799. The smallest absolute Gasteiger partial charge is 0.243 e. The van der Waals surface area contributed by atoms with Crippen molar-refractivity contribution in [2.24, 2.45) is 0 Å². The Morgan fingerprint density at radius 2 is 1.75 bits per heavy atom. The number of carbonyl (C=O) groups is 1. The molecule has 0 aliphatic carbocycles. The summed E-state index contributed by atoms with van der Waals surface area (Å²) in [5, 5.41) is 3.35. The second-order valence-electron chi connectivity index (χ2n) is 6.57. The Morgan fingerprint density at radius 3 is 2.36 bits per heavy atom. The molecule has 1 amide bonds. The molecule has 1 heterocycles. The second kappa shape index (κ2) is 8.57. The minimum Gasteiger partial charge on any atom is -0.325 e. The van der Waals surface area contributed by atoms with Gasteiger partial charge in [0.15, 0.2) is 0 Å². The first-order valence-electron chi connectivity index (χ1n) is 8.83. The third kappa shape index (κ3) is 4.70. The lowest BCUT2D eigenvalue weighted by Gasteiger charge is -2.36. The summed E-state index contributed by atoms with van der Waals surface area (Å²) < 4.78 is 39.8. The number of hydrogen-bond acceptors (Lipinski definition) is 4. The van der Waals surface area contributed by atoms with Gasteiger partial charge >= 0.3 is 0 Å². The Labute approximate surface area is 168 Å². The van der Waals surface area contributed by atoms with Gasteiger partial charge in [0.25, 0.3) is 0 Å². The van der Waals surface area contributed by atoms with E-state index in [4.69, 9.17) is 11.6 Å². The lowest BCUT2D eigenvalue weighted by Crippen LogP contribution is -2.53. The molecule has 28 heavy (non-hydrogen) atoms. The molecule has 0 radical (unpaired) electrons. The molecule has 150 valence electrons. The largest absolute Gasteiger partial charge is 0.325 e. The lowest BCUT2D eigenvalue weighted by molar-refractivity contribution is -0.121. The molecule has 2 aromatic rings. The van der Waals surface area contributed by atoms with Gasteiger partial charge in [-0.2, -0.15) is 4.31 Å². The zero-order valence-electron chi connectivity index (χ0n) is 15.3. The van der Waals surface area contributed by atoms with Crippen molar-refractivity contribution >= 4 is 33.2 Å². The summed E-state index contributed by atoms with van der Waals surface area (Å²) in [7, 11) is -3.68. The van der Waals surface area contributed by atoms with Crippen LogP contribution >= 0.6 is 11.6 Å². The maximum Gasteiger partial charge on any atom is 0.243 e. The molecule has 0 bridgehead atoms. The fourth-order valence-corrected chi connectivity index (χ4v) is 4.68. The summed E-state index contributed by atoms with van der Waals surface area (Å²) in [6, 6.07) is 11.3. The van der Waals surface area contributed by atoms with Gasteiger partial charge in [-0.05, 0) is 49.4 Å². The molecule has 0 spiro atoms. The monoisotopic (exact) mass is 425 g/mol. The summed E-state index contributed by atoms with van der Waals surface area (Å²) in [5.74, 6) is -0.666. The Balaban J connectivity index is 1.59. The SMILES string of the molecule is CC(C(=O)Nc1cccc(Cl)c1)N1CCN(S(=O)(=O)c2ccc(F)cc2)CC1. The predicted molar refractivity (Wildman–Crippen MR) is 106 cm³/mol. The van der Waals surface area contributed by atoms with Crippen LogP contribution in [0.3, 0.4) is 0 Å². The van der Waals surface area contributed by atoms with Gasteiger partial charge in [0.05, 0.1) is 10.9 Å². The maximum absolute atomic E-state index is 13.1. The summed E-state index contributed by atoms with van der Waals surface area (Å²) in [6.07, 6.45) is 0. The molecule has 6 nitrogen and oxygen atoms in total. The Morgan fingerprint density at radius 1 is 1.11 bits per heavy atom. The van der Waals surface area contributed by atoms with Crippen LogP contribution in [0.4, 0.5) is 10.1 Å². The zero-order chi connectivity index (χ0) is 20.3. The molecule has 1 aliphatic heterocycles. The van der Waals surface area contributed by atoms with E-state index in [0.29, 0.717) is 23.8 Å². The van der Waals surface area contributed by atoms with Crippen LogP contribution in [0.25, 0.3) is 0 Å². The highest BCUT2D eigenvalue weighted by Gasteiger charge is 2.31. The van der Waals surface area contributed by atoms with Crippen LogP contribution in [-0.2, 0) is 14.8 Å². The number of hydrogen-bond donors (Lipinski definition) is 1. The van der Waals surface area contributed by atoms with Crippen LogP contribution in [0.15, 0.2) is 53.4 Å². The third-order valence-corrected chi connectivity index (χ3v) is 6.89. The van der Waals surface area contributed by atoms with Crippen LogP contribution < -0.4 is 5.32 Å². The van der Waals surface area contributed by atoms with E-state index in [1.165, 1.54) is 16.4 Å². The fraction of sp³-hybridized carbons (Fsp3) is 0.316. The van der Waals surface area contributed by atoms with Crippen LogP contribution in [0.5, 0.6) is 0 Å². The average molecular weight is 426 g/mol. The molecule has 1 aliphatic rings. The molecule has 3 rings (SSSR count). The molecule has 0 saturated carbocycles. The first-order chi connectivity index (χ1) is 13.3. The molecule has 1 N–H and O–H groups in total. The highest BCUT2D eigenvalue weighted by Crippen LogP contribution is 2.20. The van der Waals surface area contributed by atoms with Crippen molar-refractivity contribution in [2.45, 2.75) is 17.9 Å². The molecule has 1 fully saturated rings. The van der Waals surface area contributed by atoms with E-state index in [-0.39, 0.29) is 23.9 Å². The third-order valence-electron chi connectivity index (χ3n) is 4.74. The summed E-state index contributed by atoms with van der Waals surface area (Å²) in [5.41, 5.74) is 0.613. The first kappa shape index (κ1) is 20.7. The summed E-state index contributed by atoms with van der Waals surface area (Å²) in [6.45, 7) is 3.14. The summed E-state index contributed by atoms with van der Waals surface area (Å²) in [4.78, 5) is 14.5. The lowest BCUT2D eigenvalue weighted by atomic mass is 10.2. The van der Waals surface area contributed by atoms with Gasteiger partial charge in [-0.3, -0.25) is 9.69 Å². The van der Waals surface area contributed by atoms with E-state index in [9.17, 15) is 17.6 Å². The number of rotatable bonds is 5. The van der Waals surface area contributed by atoms with E-state index in [1.807, 2.05) is 4.90 Å². The van der Waals surface area contributed by atoms with Crippen LogP contribution in [-0.4, -0.2) is 55.8 Å². The number of nitrogens with one attached hydrogen (secondary N) is 1. The standard InChI is InChI=1S/C19H21ClFN3O3S/c1-14(19(25)22-17-4-2-3-15(20)13-17)23-9-11-24(12-10-23)28(26,27)18-7-5-16(21)6-8-18/h2-8,13-14H,9-12H2,1H3,(H,22,25). The Kier molecular flexibility index (Phi) is 6.34. The van der Waals surface area contributed by atoms with Gasteiger partial charge in [0.2, 0.25) is 15.9 Å². The number of halogens is 2. The van der Waals surface area contributed by atoms with Crippen molar-refractivity contribution in [2.75, 3.05) is 31.5 Å². The van der Waals surface area contributed by atoms with E-state index >= 15 is 0 Å². The molecule has 1 saturated heterocycles. The maximum atomic E-state index is 13.1. The summed E-state index contributed by atoms with van der Waals surface area (Å²) >= 11 is 5.93. The molecular weight excluding hydrogens is 405 g/mol. The van der Waals surface area contributed by atoms with E-state index in [0.717, 1.165) is 12.1 Å². The molecular formula is C19H21ClFN3O3S. The molecule has 1 atom stereocenters. The van der Waals surface area contributed by atoms with Gasteiger partial charge in [-0.1, -0.05) is 17.7 Å². The minimum absolute atomic E-state index is 0.0640. The van der Waals surface area contributed by atoms with Crippen molar-refractivity contribution in [3.05, 3.63) is 59.4 Å². The van der Waals surface area contributed by atoms with Gasteiger partial charge in [0.1, 0.15) is 5.82 Å². The van der Waals surface area contributed by atoms with Gasteiger partial charge < -0.3 is 5.32 Å². The number of amides is 1. The molecule has 2 aromatic carbocycles. The topological polar surface area (TPSA) is 69.7 Å². The number of anilines is 1. The highest BCUT2D eigenvalue weighted by molar-refractivity contribution is 7.89. The number of sulfonamides is 1. The Bertz CT molecular complexity index is 945. The number of benzene rings is 2. The number of piperazine rings is 1. The second-order valence-corrected chi connectivity index (χ2v) is 8.94. The van der Waals surface area contributed by atoms with E-state index in [1.54, 1.807) is 31.2 Å². The minimum atomic E-state index is -3.68. The zero-order valence-corrected chi connectivity index (χ0v) is 16.9. The van der Waals surface area contributed by atoms with Crippen LogP contribution in [0, 0.1) is 5.82 Å². The normalized spacial score (nSPS) is 17.2. The first-order valence-corrected chi connectivity index (χ1v) is 10.7. The van der Waals surface area contributed by atoms with Gasteiger partial charge in [-0.15, -0.1) is 0 Å². The average Bonchev–Trinajstić information content (AvgIpc) is 2.68. The van der Waals surface area contributed by atoms with Crippen molar-refractivity contribution in [1.82, 2.24) is 9.21 Å². The molecule has 0 aromatic heterocycles. The molecule has 9 heteroatoms. The molecule has 1 unspecified atom stereocenters. The predicted octanol–water partition coefficient (Wildman–Crippen LogP) is 2.81. The van der Waals surface area contributed by atoms with Gasteiger partial charge in [-0.25, -0.2) is 12.8 Å². The van der Waals surface area contributed by atoms with E-state index in [2.05, 4.69) is 5.32 Å². The van der Waals surface area contributed by atoms with E-state index < -0.39 is 21.9 Å². The van der Waals surface area contributed by atoms with Crippen molar-refractivity contribution in [3.8, 4) is 0 Å². The van der Waals surface area contributed by atoms with Crippen molar-refractivity contribution in [3.63, 3.8) is 0 Å². The van der Waals surface area contributed by atoms with Crippen LogP contribution in [0.1, 0.15) is 6.92 Å². The number of nitrogens with zero attached hydrogens (tertiary/aromatic N) is 2. The van der Waals surface area contributed by atoms with Crippen molar-refractivity contribution < 1.29 is 17.6 Å². The van der Waals surface area contributed by atoms with Crippen molar-refractivity contribution in [1.29, 1.82) is 0 Å². The number of carbonyl (C=O) groups excluding carboxylic acids is 1.